The fourth-order valence-electron chi connectivity index (χ4n) is 3.29. The molecule has 0 bridgehead atoms. The Morgan fingerprint density at radius 3 is 2.77 bits per heavy atom. The molecule has 4 heteroatoms. The summed E-state index contributed by atoms with van der Waals surface area (Å²) >= 11 is 1.84. The molecule has 0 saturated carbocycles. The van der Waals surface area contributed by atoms with Crippen LogP contribution in [0.15, 0.2) is 29.6 Å². The molecule has 0 fully saturated rings. The van der Waals surface area contributed by atoms with Crippen molar-refractivity contribution in [3.63, 3.8) is 0 Å². The lowest BCUT2D eigenvalue weighted by atomic mass is 10.0. The second-order valence-electron chi connectivity index (χ2n) is 6.17. The van der Waals surface area contributed by atoms with E-state index in [4.69, 9.17) is 0 Å². The van der Waals surface area contributed by atoms with Gasteiger partial charge in [-0.2, -0.15) is 0 Å². The van der Waals surface area contributed by atoms with Gasteiger partial charge in [0.2, 0.25) is 0 Å². The second kappa shape index (κ2) is 6.23. The van der Waals surface area contributed by atoms with Gasteiger partial charge in [-0.1, -0.05) is 18.2 Å². The topological polar surface area (TPSA) is 33.5 Å². The summed E-state index contributed by atoms with van der Waals surface area (Å²) in [5.74, 6) is 0.109. The standard InChI is InChI=1S/C18H22N2OS/c1-12-5-4-6-13(2)18(12)19-17(21)11-20-9-7-16-15(14(20)3)8-10-22-16/h4-6,8,10,14H,7,9,11H2,1-3H3,(H,19,21)/p+1/t14-/m0/s1. The summed E-state index contributed by atoms with van der Waals surface area (Å²) in [6.45, 7) is 7.87. The van der Waals surface area contributed by atoms with Crippen molar-refractivity contribution in [3.05, 3.63) is 51.2 Å². The Balaban J connectivity index is 1.68. The van der Waals surface area contributed by atoms with E-state index < -0.39 is 0 Å². The van der Waals surface area contributed by atoms with E-state index in [1.54, 1.807) is 0 Å². The van der Waals surface area contributed by atoms with Gasteiger partial charge in [-0.15, -0.1) is 11.3 Å². The third kappa shape index (κ3) is 2.94. The van der Waals surface area contributed by atoms with E-state index in [2.05, 4.69) is 23.7 Å². The first kappa shape index (κ1) is 15.3. The van der Waals surface area contributed by atoms with Crippen molar-refractivity contribution >= 4 is 22.9 Å². The molecule has 1 amide bonds. The molecule has 3 rings (SSSR count). The van der Waals surface area contributed by atoms with Crippen LogP contribution in [0.5, 0.6) is 0 Å². The first-order valence-electron chi connectivity index (χ1n) is 7.83. The van der Waals surface area contributed by atoms with Crippen LogP contribution in [0.25, 0.3) is 0 Å². The molecule has 1 aliphatic rings. The number of rotatable bonds is 3. The Hall–Kier alpha value is -1.65. The molecule has 0 spiro atoms. The number of hydrogen-bond acceptors (Lipinski definition) is 2. The van der Waals surface area contributed by atoms with E-state index in [0.717, 1.165) is 29.8 Å². The summed E-state index contributed by atoms with van der Waals surface area (Å²) in [6.07, 6.45) is 1.09. The fraction of sp³-hybridized carbons (Fsp3) is 0.389. The van der Waals surface area contributed by atoms with Gasteiger partial charge in [-0.25, -0.2) is 0 Å². The summed E-state index contributed by atoms with van der Waals surface area (Å²) in [6, 6.07) is 8.72. The van der Waals surface area contributed by atoms with Crippen LogP contribution in [0.1, 0.15) is 34.5 Å². The van der Waals surface area contributed by atoms with Crippen LogP contribution in [-0.4, -0.2) is 19.0 Å². The van der Waals surface area contributed by atoms with Crippen molar-refractivity contribution in [1.29, 1.82) is 0 Å². The van der Waals surface area contributed by atoms with Crippen molar-refractivity contribution in [2.75, 3.05) is 18.4 Å². The Bertz CT molecular complexity index is 672. The molecule has 3 nitrogen and oxygen atoms in total. The lowest BCUT2D eigenvalue weighted by Crippen LogP contribution is -3.14. The molecular weight excluding hydrogens is 292 g/mol. The predicted molar refractivity (Wildman–Crippen MR) is 91.7 cm³/mol. The summed E-state index contributed by atoms with van der Waals surface area (Å²) in [5.41, 5.74) is 4.63. The molecule has 116 valence electrons. The van der Waals surface area contributed by atoms with Gasteiger partial charge in [-0.05, 0) is 43.3 Å². The lowest BCUT2D eigenvalue weighted by molar-refractivity contribution is -0.923. The minimum absolute atomic E-state index is 0.109. The van der Waals surface area contributed by atoms with E-state index in [0.29, 0.717) is 12.6 Å². The predicted octanol–water partition coefficient (Wildman–Crippen LogP) is 2.51. The van der Waals surface area contributed by atoms with E-state index in [1.165, 1.54) is 15.3 Å². The Morgan fingerprint density at radius 1 is 1.32 bits per heavy atom. The maximum atomic E-state index is 12.5. The average Bonchev–Trinajstić information content (AvgIpc) is 2.95. The average molecular weight is 315 g/mol. The van der Waals surface area contributed by atoms with Crippen LogP contribution < -0.4 is 10.2 Å². The first-order valence-corrected chi connectivity index (χ1v) is 8.71. The molecule has 1 unspecified atom stereocenters. The number of anilines is 1. The quantitative estimate of drug-likeness (QED) is 0.896. The number of aryl methyl sites for hydroxylation is 2. The maximum Gasteiger partial charge on any atom is 0.279 e. The highest BCUT2D eigenvalue weighted by molar-refractivity contribution is 7.10. The van der Waals surface area contributed by atoms with E-state index in [-0.39, 0.29) is 5.91 Å². The maximum absolute atomic E-state index is 12.5. The molecule has 0 saturated heterocycles. The first-order chi connectivity index (χ1) is 10.6. The zero-order valence-electron chi connectivity index (χ0n) is 13.4. The lowest BCUT2D eigenvalue weighted by Gasteiger charge is -2.30. The fourth-order valence-corrected chi connectivity index (χ4v) is 4.27. The molecular formula is C18H23N2OS+. The van der Waals surface area contributed by atoms with E-state index >= 15 is 0 Å². The number of carbonyl (C=O) groups excluding carboxylic acids is 1. The van der Waals surface area contributed by atoms with Crippen molar-refractivity contribution in [3.8, 4) is 0 Å². The number of benzene rings is 1. The highest BCUT2D eigenvalue weighted by Crippen LogP contribution is 2.24. The van der Waals surface area contributed by atoms with Gasteiger partial charge in [0.05, 0.1) is 6.54 Å². The number of hydrogen-bond donors (Lipinski definition) is 2. The van der Waals surface area contributed by atoms with Gasteiger partial charge in [0.25, 0.3) is 5.91 Å². The summed E-state index contributed by atoms with van der Waals surface area (Å²) in [7, 11) is 0. The monoisotopic (exact) mass is 315 g/mol. The molecule has 1 aromatic heterocycles. The highest BCUT2D eigenvalue weighted by atomic mass is 32.1. The molecule has 1 aromatic carbocycles. The van der Waals surface area contributed by atoms with Crippen molar-refractivity contribution in [2.24, 2.45) is 0 Å². The van der Waals surface area contributed by atoms with E-state index in [1.807, 2.05) is 43.4 Å². The zero-order valence-corrected chi connectivity index (χ0v) is 14.2. The molecule has 0 aliphatic carbocycles. The highest BCUT2D eigenvalue weighted by Gasteiger charge is 2.29. The van der Waals surface area contributed by atoms with Gasteiger partial charge in [-0.3, -0.25) is 4.79 Å². The van der Waals surface area contributed by atoms with Gasteiger partial charge in [0, 0.05) is 22.5 Å². The smallest absolute Gasteiger partial charge is 0.279 e. The van der Waals surface area contributed by atoms with Crippen LogP contribution in [0.4, 0.5) is 5.69 Å². The number of quaternary nitrogens is 1. The molecule has 2 N–H and O–H groups in total. The van der Waals surface area contributed by atoms with Crippen LogP contribution >= 0.6 is 11.3 Å². The minimum Gasteiger partial charge on any atom is -0.321 e. The van der Waals surface area contributed by atoms with Gasteiger partial charge < -0.3 is 10.2 Å². The molecule has 22 heavy (non-hydrogen) atoms. The zero-order chi connectivity index (χ0) is 15.7. The third-order valence-electron chi connectivity index (χ3n) is 4.67. The molecule has 2 aromatic rings. The van der Waals surface area contributed by atoms with Gasteiger partial charge in [0.1, 0.15) is 6.04 Å². The normalized spacial score (nSPS) is 20.5. The Kier molecular flexibility index (Phi) is 4.32. The second-order valence-corrected chi connectivity index (χ2v) is 7.17. The van der Waals surface area contributed by atoms with E-state index in [9.17, 15) is 4.79 Å². The molecule has 2 heterocycles. The number of nitrogens with one attached hydrogen (secondary N) is 2. The van der Waals surface area contributed by atoms with Crippen molar-refractivity contribution < 1.29 is 9.69 Å². The third-order valence-corrected chi connectivity index (χ3v) is 5.66. The summed E-state index contributed by atoms with van der Waals surface area (Å²) < 4.78 is 0. The molecule has 0 radical (unpaired) electrons. The minimum atomic E-state index is 0.109. The van der Waals surface area contributed by atoms with Crippen LogP contribution in [-0.2, 0) is 11.2 Å². The number of fused-ring (bicyclic) bond motifs is 1. The van der Waals surface area contributed by atoms with Crippen LogP contribution in [0.2, 0.25) is 0 Å². The Morgan fingerprint density at radius 2 is 2.05 bits per heavy atom. The molecule has 2 atom stereocenters. The summed E-state index contributed by atoms with van der Waals surface area (Å²) in [5, 5.41) is 5.27. The number of carbonyl (C=O) groups is 1. The number of amides is 1. The number of para-hydroxylation sites is 1. The largest absolute Gasteiger partial charge is 0.321 e. The SMILES string of the molecule is Cc1cccc(C)c1NC(=O)C[NH+]1CCc2sccc2[C@@H]1C. The Labute approximate surface area is 136 Å². The van der Waals surface area contributed by atoms with Gasteiger partial charge in [0.15, 0.2) is 6.54 Å². The van der Waals surface area contributed by atoms with Crippen molar-refractivity contribution in [2.45, 2.75) is 33.2 Å². The van der Waals surface area contributed by atoms with Crippen molar-refractivity contribution in [1.82, 2.24) is 0 Å². The molecule has 1 aliphatic heterocycles. The van der Waals surface area contributed by atoms with Crippen LogP contribution in [0, 0.1) is 13.8 Å². The van der Waals surface area contributed by atoms with Crippen LogP contribution in [0.3, 0.4) is 0 Å². The summed E-state index contributed by atoms with van der Waals surface area (Å²) in [4.78, 5) is 15.3. The van der Waals surface area contributed by atoms with Gasteiger partial charge >= 0.3 is 0 Å². The number of thiophene rings is 1.